The summed E-state index contributed by atoms with van der Waals surface area (Å²) in [4.78, 5) is 15.5. The van der Waals surface area contributed by atoms with Crippen molar-refractivity contribution in [1.82, 2.24) is 4.98 Å². The molecule has 0 aliphatic heterocycles. The van der Waals surface area contributed by atoms with Gasteiger partial charge in [-0.15, -0.1) is 0 Å². The van der Waals surface area contributed by atoms with Crippen LogP contribution in [0.25, 0.3) is 0 Å². The van der Waals surface area contributed by atoms with E-state index in [-0.39, 0.29) is 32.1 Å². The Balaban J connectivity index is 1.87. The van der Waals surface area contributed by atoms with Crippen molar-refractivity contribution in [3.05, 3.63) is 69.9 Å². The summed E-state index contributed by atoms with van der Waals surface area (Å²) < 4.78 is 27.7. The molecular weight excluding hydrogens is 475 g/mol. The van der Waals surface area contributed by atoms with Gasteiger partial charge in [0, 0.05) is 12.4 Å². The number of hydrogen-bond acceptors (Lipinski definition) is 5. The molecule has 156 valence electrons. The average molecular weight is 488 g/mol. The van der Waals surface area contributed by atoms with Crippen molar-refractivity contribution in [2.75, 3.05) is 15.4 Å². The number of aromatic hydroxyl groups is 1. The van der Waals surface area contributed by atoms with E-state index in [1.54, 1.807) is 12.1 Å². The summed E-state index contributed by atoms with van der Waals surface area (Å²) in [6.07, 6.45) is 2.78. The number of aromatic nitrogens is 1. The van der Waals surface area contributed by atoms with Gasteiger partial charge in [-0.2, -0.15) is 0 Å². The van der Waals surface area contributed by atoms with Crippen LogP contribution in [-0.2, 0) is 10.0 Å². The molecule has 0 unspecified atom stereocenters. The van der Waals surface area contributed by atoms with Crippen LogP contribution >= 0.6 is 34.8 Å². The third-order valence-electron chi connectivity index (χ3n) is 3.73. The van der Waals surface area contributed by atoms with Crippen molar-refractivity contribution >= 4 is 67.9 Å². The number of rotatable bonds is 5. The van der Waals surface area contributed by atoms with Crippen molar-refractivity contribution in [3.63, 3.8) is 0 Å². The van der Waals surface area contributed by atoms with Gasteiger partial charge in [0.25, 0.3) is 10.0 Å². The van der Waals surface area contributed by atoms with E-state index in [1.807, 2.05) is 0 Å². The molecule has 0 aliphatic carbocycles. The highest BCUT2D eigenvalue weighted by molar-refractivity contribution is 7.93. The molecule has 0 saturated carbocycles. The van der Waals surface area contributed by atoms with E-state index in [2.05, 4.69) is 20.3 Å². The molecule has 2 aromatic carbocycles. The minimum Gasteiger partial charge on any atom is -0.504 e. The summed E-state index contributed by atoms with van der Waals surface area (Å²) in [5.41, 5.74) is 0.250. The lowest BCUT2D eigenvalue weighted by Crippen LogP contribution is -2.20. The molecule has 1 aromatic heterocycles. The quantitative estimate of drug-likeness (QED) is 0.369. The molecule has 0 aliphatic rings. The fourth-order valence-electron chi connectivity index (χ4n) is 2.41. The number of sulfonamides is 1. The Kier molecular flexibility index (Phi) is 6.57. The van der Waals surface area contributed by atoms with Crippen molar-refractivity contribution < 1.29 is 18.3 Å². The van der Waals surface area contributed by atoms with Gasteiger partial charge in [0.1, 0.15) is 4.90 Å². The standard InChI is InChI=1S/C18H13Cl3N4O4S/c19-11-2-1-3-13(15(11)21)23-18(27)24-14-5-4-12(20)17(16(14)26)30(28,29)25-10-6-8-22-9-7-10/h1-9,26H,(H,22,25)(H2,23,24,27). The molecule has 12 heteroatoms. The second kappa shape index (κ2) is 8.97. The van der Waals surface area contributed by atoms with E-state index in [1.165, 1.54) is 42.7 Å². The van der Waals surface area contributed by atoms with Gasteiger partial charge < -0.3 is 15.7 Å². The maximum absolute atomic E-state index is 12.7. The number of phenols is 1. The van der Waals surface area contributed by atoms with Crippen LogP contribution in [0.1, 0.15) is 0 Å². The van der Waals surface area contributed by atoms with E-state index in [0.717, 1.165) is 0 Å². The number of urea groups is 1. The molecule has 0 saturated heterocycles. The van der Waals surface area contributed by atoms with Crippen molar-refractivity contribution in [2.45, 2.75) is 4.90 Å². The van der Waals surface area contributed by atoms with Gasteiger partial charge in [-0.1, -0.05) is 40.9 Å². The van der Waals surface area contributed by atoms with E-state index < -0.39 is 26.7 Å². The number of nitrogens with zero attached hydrogens (tertiary/aromatic N) is 1. The van der Waals surface area contributed by atoms with Crippen LogP contribution in [0.5, 0.6) is 5.75 Å². The van der Waals surface area contributed by atoms with E-state index >= 15 is 0 Å². The number of amides is 2. The van der Waals surface area contributed by atoms with Crippen molar-refractivity contribution in [1.29, 1.82) is 0 Å². The summed E-state index contributed by atoms with van der Waals surface area (Å²) in [6.45, 7) is 0. The molecular formula is C18H13Cl3N4O4S. The molecule has 0 bridgehead atoms. The minimum atomic E-state index is -4.27. The Hall–Kier alpha value is -2.72. The summed E-state index contributed by atoms with van der Waals surface area (Å²) in [7, 11) is -4.27. The SMILES string of the molecule is O=C(Nc1ccc(Cl)c(S(=O)(=O)Nc2ccncc2)c1O)Nc1cccc(Cl)c1Cl. The van der Waals surface area contributed by atoms with Gasteiger partial charge in [-0.3, -0.25) is 9.71 Å². The first-order valence-corrected chi connectivity index (χ1v) is 10.8. The molecule has 8 nitrogen and oxygen atoms in total. The first kappa shape index (κ1) is 22.0. The zero-order valence-electron chi connectivity index (χ0n) is 14.9. The maximum atomic E-state index is 12.7. The number of phenolic OH excluding ortho intramolecular Hbond substituents is 1. The molecule has 1 heterocycles. The Morgan fingerprint density at radius 3 is 2.27 bits per heavy atom. The lowest BCUT2D eigenvalue weighted by molar-refractivity contribution is 0.262. The molecule has 0 atom stereocenters. The van der Waals surface area contributed by atoms with Crippen LogP contribution < -0.4 is 15.4 Å². The second-order valence-electron chi connectivity index (χ2n) is 5.79. The number of carbonyl (C=O) groups is 1. The fourth-order valence-corrected chi connectivity index (χ4v) is 4.45. The predicted molar refractivity (Wildman–Crippen MR) is 117 cm³/mol. The number of hydrogen-bond donors (Lipinski definition) is 4. The van der Waals surface area contributed by atoms with Crippen molar-refractivity contribution in [3.8, 4) is 5.75 Å². The molecule has 30 heavy (non-hydrogen) atoms. The molecule has 4 N–H and O–H groups in total. The largest absolute Gasteiger partial charge is 0.504 e. The highest BCUT2D eigenvalue weighted by atomic mass is 35.5. The topological polar surface area (TPSA) is 120 Å². The van der Waals surface area contributed by atoms with Crippen molar-refractivity contribution in [2.24, 2.45) is 0 Å². The fraction of sp³-hybridized carbons (Fsp3) is 0. The summed E-state index contributed by atoms with van der Waals surface area (Å²) in [5.74, 6) is -0.739. The van der Waals surface area contributed by atoms with E-state index in [0.29, 0.717) is 0 Å². The van der Waals surface area contributed by atoms with Crippen LogP contribution in [0.3, 0.4) is 0 Å². The van der Waals surface area contributed by atoms with Gasteiger partial charge in [-0.05, 0) is 36.4 Å². The third-order valence-corrected chi connectivity index (χ3v) is 6.43. The Bertz CT molecular complexity index is 1210. The number of pyridine rings is 1. The van der Waals surface area contributed by atoms with Gasteiger partial charge in [0.15, 0.2) is 5.75 Å². The number of halogens is 3. The van der Waals surface area contributed by atoms with Crippen LogP contribution in [0.4, 0.5) is 21.9 Å². The van der Waals surface area contributed by atoms with Gasteiger partial charge in [-0.25, -0.2) is 13.2 Å². The average Bonchev–Trinajstić information content (AvgIpc) is 2.68. The lowest BCUT2D eigenvalue weighted by atomic mass is 10.3. The maximum Gasteiger partial charge on any atom is 0.323 e. The Morgan fingerprint density at radius 2 is 1.57 bits per heavy atom. The monoisotopic (exact) mass is 486 g/mol. The smallest absolute Gasteiger partial charge is 0.323 e. The number of carbonyl (C=O) groups excluding carboxylic acids is 1. The Morgan fingerprint density at radius 1 is 0.900 bits per heavy atom. The molecule has 0 fully saturated rings. The Labute approximate surface area is 186 Å². The van der Waals surface area contributed by atoms with Crippen LogP contribution in [0.2, 0.25) is 15.1 Å². The van der Waals surface area contributed by atoms with Crippen LogP contribution in [0, 0.1) is 0 Å². The molecule has 3 rings (SSSR count). The van der Waals surface area contributed by atoms with Gasteiger partial charge in [0.05, 0.1) is 32.1 Å². The number of anilines is 3. The number of benzene rings is 2. The summed E-state index contributed by atoms with van der Waals surface area (Å²) in [6, 6.07) is 9.18. The first-order chi connectivity index (χ1) is 14.2. The second-order valence-corrected chi connectivity index (χ2v) is 8.61. The summed E-state index contributed by atoms with van der Waals surface area (Å²) in [5, 5.41) is 15.4. The van der Waals surface area contributed by atoms with E-state index in [9.17, 15) is 18.3 Å². The minimum absolute atomic E-state index is 0.125. The first-order valence-electron chi connectivity index (χ1n) is 8.15. The third kappa shape index (κ3) is 4.88. The predicted octanol–water partition coefficient (Wildman–Crippen LogP) is 5.19. The van der Waals surface area contributed by atoms with Crippen LogP contribution in [0.15, 0.2) is 59.8 Å². The van der Waals surface area contributed by atoms with Gasteiger partial charge in [0.2, 0.25) is 0 Å². The van der Waals surface area contributed by atoms with E-state index in [4.69, 9.17) is 34.8 Å². The zero-order valence-corrected chi connectivity index (χ0v) is 17.9. The molecule has 0 spiro atoms. The van der Waals surface area contributed by atoms with Crippen LogP contribution in [-0.4, -0.2) is 24.5 Å². The van der Waals surface area contributed by atoms with Gasteiger partial charge >= 0.3 is 6.03 Å². The summed E-state index contributed by atoms with van der Waals surface area (Å²) >= 11 is 17.9. The number of nitrogens with one attached hydrogen (secondary N) is 3. The highest BCUT2D eigenvalue weighted by Gasteiger charge is 2.25. The molecule has 0 radical (unpaired) electrons. The molecule has 3 aromatic rings. The lowest BCUT2D eigenvalue weighted by Gasteiger charge is -2.15. The normalized spacial score (nSPS) is 11.0. The zero-order chi connectivity index (χ0) is 21.9. The highest BCUT2D eigenvalue weighted by Crippen LogP contribution is 2.38. The molecule has 2 amide bonds.